The van der Waals surface area contributed by atoms with E-state index in [1.807, 2.05) is 18.7 Å². The number of carbonyl (C=O) groups is 3. The number of likely N-dealkylation sites (N-methyl/N-ethyl adjacent to an activating group) is 1. The third-order valence-electron chi connectivity index (χ3n) is 7.21. The number of methoxy groups -OCH3 is 1. The van der Waals surface area contributed by atoms with E-state index in [-0.39, 0.29) is 24.6 Å². The van der Waals surface area contributed by atoms with Gasteiger partial charge in [-0.3, -0.25) is 14.6 Å². The fourth-order valence-corrected chi connectivity index (χ4v) is 5.50. The summed E-state index contributed by atoms with van der Waals surface area (Å²) >= 11 is 12.4. The standard InChI is InChI=1S/C29H34Cl2N4O5/c1-5-34-24(17-33-13-14-35(18(3)16-33)27(36)19-7-10-21(39-4)11-8-19)25(28(37)40-6-2)26(32-29(34)38)20-9-12-22(30)23(31)15-20/h7-12,15,18,26H,5-6,13-14,16-17H2,1-4H3,(H,32,38)/t18-,26-/m1/s1. The van der Waals surface area contributed by atoms with E-state index in [4.69, 9.17) is 32.7 Å². The Labute approximate surface area is 244 Å². The first-order chi connectivity index (χ1) is 19.2. The molecule has 0 aromatic heterocycles. The molecule has 1 saturated heterocycles. The van der Waals surface area contributed by atoms with Crippen molar-refractivity contribution in [1.82, 2.24) is 20.0 Å². The largest absolute Gasteiger partial charge is 0.497 e. The molecule has 2 heterocycles. The molecule has 0 aliphatic carbocycles. The third-order valence-corrected chi connectivity index (χ3v) is 7.95. The van der Waals surface area contributed by atoms with E-state index in [9.17, 15) is 14.4 Å². The number of hydrogen-bond donors (Lipinski definition) is 1. The molecular weight excluding hydrogens is 555 g/mol. The molecule has 0 unspecified atom stereocenters. The summed E-state index contributed by atoms with van der Waals surface area (Å²) in [7, 11) is 1.59. The Morgan fingerprint density at radius 1 is 1.05 bits per heavy atom. The predicted molar refractivity (Wildman–Crippen MR) is 154 cm³/mol. The molecule has 40 heavy (non-hydrogen) atoms. The lowest BCUT2D eigenvalue weighted by Crippen LogP contribution is -2.56. The number of esters is 1. The summed E-state index contributed by atoms with van der Waals surface area (Å²) in [4.78, 5) is 45.4. The van der Waals surface area contributed by atoms with Gasteiger partial charge in [0.2, 0.25) is 0 Å². The summed E-state index contributed by atoms with van der Waals surface area (Å²) in [5, 5.41) is 3.64. The van der Waals surface area contributed by atoms with Gasteiger partial charge in [0, 0.05) is 50.0 Å². The quantitative estimate of drug-likeness (QED) is 0.447. The topological polar surface area (TPSA) is 91.4 Å². The van der Waals surface area contributed by atoms with Crippen LogP contribution in [0, 0.1) is 0 Å². The fourth-order valence-electron chi connectivity index (χ4n) is 5.19. The molecule has 11 heteroatoms. The van der Waals surface area contributed by atoms with E-state index < -0.39 is 12.0 Å². The normalized spacial score (nSPS) is 19.9. The van der Waals surface area contributed by atoms with Crippen LogP contribution in [0.4, 0.5) is 4.79 Å². The minimum absolute atomic E-state index is 0.0480. The van der Waals surface area contributed by atoms with Gasteiger partial charge in [0.25, 0.3) is 5.91 Å². The van der Waals surface area contributed by atoms with Crippen LogP contribution in [0.2, 0.25) is 10.0 Å². The van der Waals surface area contributed by atoms with Gasteiger partial charge in [0.1, 0.15) is 5.75 Å². The number of halogens is 2. The molecule has 9 nitrogen and oxygen atoms in total. The lowest BCUT2D eigenvalue weighted by molar-refractivity contribution is -0.139. The summed E-state index contributed by atoms with van der Waals surface area (Å²) in [6, 6.07) is 10.9. The molecule has 2 aliphatic rings. The van der Waals surface area contributed by atoms with Crippen LogP contribution in [0.15, 0.2) is 53.7 Å². The maximum atomic E-state index is 13.4. The molecule has 1 fully saturated rings. The fraction of sp³-hybridized carbons (Fsp3) is 0.414. The van der Waals surface area contributed by atoms with Gasteiger partial charge < -0.3 is 19.7 Å². The van der Waals surface area contributed by atoms with Gasteiger partial charge in [0.15, 0.2) is 0 Å². The van der Waals surface area contributed by atoms with Crippen molar-refractivity contribution in [2.45, 2.75) is 32.9 Å². The minimum atomic E-state index is -0.755. The van der Waals surface area contributed by atoms with Gasteiger partial charge >= 0.3 is 12.0 Å². The van der Waals surface area contributed by atoms with Gasteiger partial charge in [-0.15, -0.1) is 0 Å². The molecule has 214 valence electrons. The zero-order valence-electron chi connectivity index (χ0n) is 23.1. The molecule has 0 bridgehead atoms. The number of urea groups is 1. The van der Waals surface area contributed by atoms with E-state index in [2.05, 4.69) is 10.2 Å². The second-order valence-electron chi connectivity index (χ2n) is 9.69. The summed E-state index contributed by atoms with van der Waals surface area (Å²) in [6.45, 7) is 8.13. The van der Waals surface area contributed by atoms with E-state index in [0.29, 0.717) is 70.9 Å². The number of amides is 3. The summed E-state index contributed by atoms with van der Waals surface area (Å²) in [5.74, 6) is 0.137. The Bertz CT molecular complexity index is 1300. The first-order valence-corrected chi connectivity index (χ1v) is 14.0. The van der Waals surface area contributed by atoms with Gasteiger partial charge in [-0.2, -0.15) is 0 Å². The summed E-state index contributed by atoms with van der Waals surface area (Å²) < 4.78 is 10.7. The van der Waals surface area contributed by atoms with Crippen LogP contribution in [0.3, 0.4) is 0 Å². The highest BCUT2D eigenvalue weighted by molar-refractivity contribution is 6.42. The Morgan fingerprint density at radius 2 is 1.77 bits per heavy atom. The van der Waals surface area contributed by atoms with E-state index >= 15 is 0 Å². The molecule has 2 atom stereocenters. The Hall–Kier alpha value is -3.27. The van der Waals surface area contributed by atoms with Gasteiger partial charge in [-0.05, 0) is 62.7 Å². The average molecular weight is 590 g/mol. The molecule has 2 aromatic carbocycles. The molecular formula is C29H34Cl2N4O5. The van der Waals surface area contributed by atoms with E-state index in [1.165, 1.54) is 0 Å². The van der Waals surface area contributed by atoms with Crippen molar-refractivity contribution in [3.63, 3.8) is 0 Å². The predicted octanol–water partition coefficient (Wildman–Crippen LogP) is 4.75. The van der Waals surface area contributed by atoms with E-state index in [0.717, 1.165) is 0 Å². The third kappa shape index (κ3) is 6.22. The summed E-state index contributed by atoms with van der Waals surface area (Å²) in [5.41, 5.74) is 2.15. The van der Waals surface area contributed by atoms with Gasteiger partial charge in [-0.1, -0.05) is 29.3 Å². The number of piperazine rings is 1. The highest BCUT2D eigenvalue weighted by Gasteiger charge is 2.39. The zero-order valence-corrected chi connectivity index (χ0v) is 24.6. The van der Waals surface area contributed by atoms with Crippen molar-refractivity contribution in [2.24, 2.45) is 0 Å². The molecule has 2 aliphatic heterocycles. The summed E-state index contributed by atoms with van der Waals surface area (Å²) in [6.07, 6.45) is 0. The monoisotopic (exact) mass is 588 g/mol. The zero-order chi connectivity index (χ0) is 29.0. The molecule has 4 rings (SSSR count). The molecule has 0 spiro atoms. The Balaban J connectivity index is 1.62. The minimum Gasteiger partial charge on any atom is -0.497 e. The smallest absolute Gasteiger partial charge is 0.338 e. The molecule has 2 aromatic rings. The van der Waals surface area contributed by atoms with Gasteiger partial charge in [0.05, 0.1) is 35.4 Å². The van der Waals surface area contributed by atoms with Gasteiger partial charge in [-0.25, -0.2) is 9.59 Å². The Kier molecular flexibility index (Phi) is 9.60. The van der Waals surface area contributed by atoms with E-state index in [1.54, 1.807) is 61.4 Å². The maximum absolute atomic E-state index is 13.4. The lowest BCUT2D eigenvalue weighted by atomic mass is 9.94. The van der Waals surface area contributed by atoms with Crippen molar-refractivity contribution in [3.8, 4) is 5.75 Å². The average Bonchev–Trinajstić information content (AvgIpc) is 2.94. The van der Waals surface area contributed by atoms with Crippen molar-refractivity contribution in [2.75, 3.05) is 46.4 Å². The number of nitrogens with one attached hydrogen (secondary N) is 1. The van der Waals surface area contributed by atoms with Crippen LogP contribution in [-0.4, -0.2) is 85.1 Å². The second-order valence-corrected chi connectivity index (χ2v) is 10.5. The number of hydrogen-bond acceptors (Lipinski definition) is 6. The molecule has 0 saturated carbocycles. The number of ether oxygens (including phenoxy) is 2. The molecule has 0 radical (unpaired) electrons. The van der Waals surface area contributed by atoms with Crippen LogP contribution < -0.4 is 10.1 Å². The van der Waals surface area contributed by atoms with Crippen LogP contribution in [-0.2, 0) is 9.53 Å². The van der Waals surface area contributed by atoms with Crippen molar-refractivity contribution < 1.29 is 23.9 Å². The first-order valence-electron chi connectivity index (χ1n) is 13.3. The SMILES string of the molecule is CCOC(=O)C1=C(CN2CCN(C(=O)c3ccc(OC)cc3)[C@H](C)C2)N(CC)C(=O)N[C@@H]1c1ccc(Cl)c(Cl)c1. The highest BCUT2D eigenvalue weighted by Crippen LogP contribution is 2.35. The number of rotatable bonds is 8. The number of benzene rings is 2. The molecule has 1 N–H and O–H groups in total. The Morgan fingerprint density at radius 3 is 2.38 bits per heavy atom. The lowest BCUT2D eigenvalue weighted by Gasteiger charge is -2.43. The number of carbonyl (C=O) groups excluding carboxylic acids is 3. The van der Waals surface area contributed by atoms with Crippen molar-refractivity contribution in [1.29, 1.82) is 0 Å². The first kappa shape index (κ1) is 29.7. The molecule has 3 amide bonds. The highest BCUT2D eigenvalue weighted by atomic mass is 35.5. The van der Waals surface area contributed by atoms with Crippen LogP contribution in [0.25, 0.3) is 0 Å². The number of nitrogens with zero attached hydrogens (tertiary/aromatic N) is 3. The second kappa shape index (κ2) is 12.9. The van der Waals surface area contributed by atoms with Crippen LogP contribution >= 0.6 is 23.2 Å². The van der Waals surface area contributed by atoms with Crippen molar-refractivity contribution in [3.05, 3.63) is 74.9 Å². The maximum Gasteiger partial charge on any atom is 0.338 e. The van der Waals surface area contributed by atoms with Crippen LogP contribution in [0.1, 0.15) is 42.7 Å². The van der Waals surface area contributed by atoms with Crippen molar-refractivity contribution >= 4 is 41.1 Å². The van der Waals surface area contributed by atoms with Crippen LogP contribution in [0.5, 0.6) is 5.75 Å².